The largest absolute Gasteiger partial charge is 0.481 e. The molecule has 2 aromatic rings. The van der Waals surface area contributed by atoms with Crippen molar-refractivity contribution in [3.05, 3.63) is 70.3 Å². The van der Waals surface area contributed by atoms with E-state index in [9.17, 15) is 31.1 Å². The van der Waals surface area contributed by atoms with Gasteiger partial charge in [0.2, 0.25) is 0 Å². The highest BCUT2D eigenvalue weighted by atomic mass is 127. The number of carboxylic acids is 1. The van der Waals surface area contributed by atoms with Crippen molar-refractivity contribution in [2.24, 2.45) is 0 Å². The lowest BCUT2D eigenvalue weighted by atomic mass is 10.1. The number of hydrogen-bond donors (Lipinski definition) is 1. The molecular weight excluding hydrogens is 501 g/mol. The van der Waals surface area contributed by atoms with Crippen molar-refractivity contribution in [2.45, 2.75) is 6.42 Å². The number of aliphatic carboxylic acids is 1. The SMILES string of the molecule is Fc1cc(F)c(C#CCl)cc1F.I.O=C(O)Cc1cc(F)c(F)cc1F. The second-order valence-corrected chi connectivity index (χ2v) is 4.58. The smallest absolute Gasteiger partial charge is 0.307 e. The van der Waals surface area contributed by atoms with E-state index in [1.165, 1.54) is 0 Å². The highest BCUT2D eigenvalue weighted by Crippen LogP contribution is 2.14. The molecule has 0 unspecified atom stereocenters. The third-order valence-corrected chi connectivity index (χ3v) is 2.72. The average Bonchev–Trinajstić information content (AvgIpc) is 2.51. The van der Waals surface area contributed by atoms with Gasteiger partial charge < -0.3 is 5.11 Å². The van der Waals surface area contributed by atoms with Crippen molar-refractivity contribution < 1.29 is 36.2 Å². The van der Waals surface area contributed by atoms with Gasteiger partial charge in [-0.2, -0.15) is 0 Å². The molecule has 0 saturated heterocycles. The summed E-state index contributed by atoms with van der Waals surface area (Å²) in [6, 6.07) is 1.94. The lowest BCUT2D eigenvalue weighted by molar-refractivity contribution is -0.136. The lowest BCUT2D eigenvalue weighted by Gasteiger charge is -2.00. The summed E-state index contributed by atoms with van der Waals surface area (Å²) in [4.78, 5) is 10.1. The zero-order chi connectivity index (χ0) is 19.1. The minimum atomic E-state index is -1.33. The van der Waals surface area contributed by atoms with Crippen LogP contribution in [0.3, 0.4) is 0 Å². The molecule has 0 fully saturated rings. The fourth-order valence-corrected chi connectivity index (χ4v) is 1.63. The number of rotatable bonds is 2. The molecular formula is C16H8ClF6IO2. The van der Waals surface area contributed by atoms with Gasteiger partial charge in [-0.1, -0.05) is 0 Å². The molecule has 2 nitrogen and oxygen atoms in total. The zero-order valence-corrected chi connectivity index (χ0v) is 15.5. The van der Waals surface area contributed by atoms with Crippen LogP contribution >= 0.6 is 35.6 Å². The van der Waals surface area contributed by atoms with E-state index in [0.29, 0.717) is 24.3 Å². The van der Waals surface area contributed by atoms with Gasteiger partial charge in [-0.05, 0) is 29.7 Å². The Morgan fingerprint density at radius 3 is 1.81 bits per heavy atom. The van der Waals surface area contributed by atoms with Crippen LogP contribution in [0.15, 0.2) is 24.3 Å². The molecule has 0 heterocycles. The summed E-state index contributed by atoms with van der Waals surface area (Å²) < 4.78 is 74.9. The van der Waals surface area contributed by atoms with E-state index in [1.54, 1.807) is 0 Å². The first kappa shape index (κ1) is 24.1. The summed E-state index contributed by atoms with van der Waals surface area (Å²) in [6.45, 7) is 0. The van der Waals surface area contributed by atoms with Crippen molar-refractivity contribution in [3.63, 3.8) is 0 Å². The maximum atomic E-state index is 12.7. The molecule has 0 amide bonds. The predicted molar refractivity (Wildman–Crippen MR) is 92.1 cm³/mol. The van der Waals surface area contributed by atoms with Crippen LogP contribution in [0, 0.1) is 46.2 Å². The molecule has 0 radical (unpaired) electrons. The summed E-state index contributed by atoms with van der Waals surface area (Å²) in [5.74, 6) is -6.18. The van der Waals surface area contributed by atoms with E-state index in [4.69, 9.17) is 16.7 Å². The van der Waals surface area contributed by atoms with E-state index in [0.717, 1.165) is 0 Å². The van der Waals surface area contributed by atoms with E-state index < -0.39 is 47.3 Å². The molecule has 0 saturated carbocycles. The molecule has 10 heteroatoms. The van der Waals surface area contributed by atoms with Crippen molar-refractivity contribution in [1.82, 2.24) is 0 Å². The Kier molecular flexibility index (Phi) is 10.1. The molecule has 140 valence electrons. The normalized spacial score (nSPS) is 9.19. The monoisotopic (exact) mass is 508 g/mol. The Bertz CT molecular complexity index is 864. The minimum absolute atomic E-state index is 0. The number of carboxylic acid groups (broad SMARTS) is 1. The summed E-state index contributed by atoms with van der Waals surface area (Å²) in [5, 5.41) is 10.1. The quantitative estimate of drug-likeness (QED) is 0.268. The van der Waals surface area contributed by atoms with Gasteiger partial charge in [0.25, 0.3) is 0 Å². The molecule has 0 spiro atoms. The molecule has 0 bridgehead atoms. The third kappa shape index (κ3) is 7.13. The van der Waals surface area contributed by atoms with Gasteiger partial charge in [0.05, 0.1) is 12.0 Å². The second kappa shape index (κ2) is 10.9. The molecule has 1 N–H and O–H groups in total. The van der Waals surface area contributed by atoms with Gasteiger partial charge in [0.1, 0.15) is 11.6 Å². The van der Waals surface area contributed by atoms with Gasteiger partial charge in [0.15, 0.2) is 23.3 Å². The first-order valence-electron chi connectivity index (χ1n) is 6.27. The van der Waals surface area contributed by atoms with Crippen LogP contribution in [0.2, 0.25) is 0 Å². The summed E-state index contributed by atoms with van der Waals surface area (Å²) in [6.07, 6.45) is -0.664. The van der Waals surface area contributed by atoms with Crippen molar-refractivity contribution in [1.29, 1.82) is 0 Å². The zero-order valence-electron chi connectivity index (χ0n) is 12.4. The van der Waals surface area contributed by atoms with Gasteiger partial charge in [-0.15, -0.1) is 24.0 Å². The Labute approximate surface area is 165 Å². The number of benzene rings is 2. The van der Waals surface area contributed by atoms with Gasteiger partial charge >= 0.3 is 5.97 Å². The molecule has 2 rings (SSSR count). The maximum absolute atomic E-state index is 12.7. The number of halogens is 8. The topological polar surface area (TPSA) is 37.3 Å². The van der Waals surface area contributed by atoms with E-state index >= 15 is 0 Å². The second-order valence-electron chi connectivity index (χ2n) is 4.39. The third-order valence-electron chi connectivity index (χ3n) is 2.62. The van der Waals surface area contributed by atoms with Crippen LogP contribution in [0.1, 0.15) is 11.1 Å². The highest BCUT2D eigenvalue weighted by Gasteiger charge is 2.12. The van der Waals surface area contributed by atoms with Crippen LogP contribution in [0.5, 0.6) is 0 Å². The lowest BCUT2D eigenvalue weighted by Crippen LogP contribution is -2.04. The minimum Gasteiger partial charge on any atom is -0.481 e. The molecule has 0 aliphatic rings. The van der Waals surface area contributed by atoms with Gasteiger partial charge in [0, 0.05) is 23.1 Å². The van der Waals surface area contributed by atoms with E-state index in [1.807, 2.05) is 5.38 Å². The first-order valence-corrected chi connectivity index (χ1v) is 6.65. The Balaban J connectivity index is 0.000000464. The molecule has 2 aromatic carbocycles. The molecule has 26 heavy (non-hydrogen) atoms. The molecule has 0 aliphatic carbocycles. The van der Waals surface area contributed by atoms with Crippen LogP contribution < -0.4 is 0 Å². The standard InChI is InChI=1S/C8H2ClF3.C8H5F3O2.HI/c9-2-1-5-3-7(11)8(12)4-6(5)10;9-5-3-7(11)6(10)1-4(5)2-8(12)13;/h3-4H;1,3H,2H2,(H,12,13);1H. The van der Waals surface area contributed by atoms with Crippen LogP contribution in [0.25, 0.3) is 0 Å². The Morgan fingerprint density at radius 2 is 1.31 bits per heavy atom. The van der Waals surface area contributed by atoms with Crippen molar-refractivity contribution in [3.8, 4) is 11.3 Å². The molecule has 0 aliphatic heterocycles. The van der Waals surface area contributed by atoms with Crippen LogP contribution in [0.4, 0.5) is 26.3 Å². The highest BCUT2D eigenvalue weighted by molar-refractivity contribution is 14.0. The Hall–Kier alpha value is -1.93. The number of hydrogen-bond acceptors (Lipinski definition) is 1. The van der Waals surface area contributed by atoms with Crippen LogP contribution in [-0.4, -0.2) is 11.1 Å². The van der Waals surface area contributed by atoms with Gasteiger partial charge in [-0.3, -0.25) is 4.79 Å². The molecule has 0 atom stereocenters. The maximum Gasteiger partial charge on any atom is 0.307 e. The van der Waals surface area contributed by atoms with Gasteiger partial charge in [-0.25, -0.2) is 26.3 Å². The average molecular weight is 509 g/mol. The summed E-state index contributed by atoms with van der Waals surface area (Å²) in [7, 11) is 0. The summed E-state index contributed by atoms with van der Waals surface area (Å²) >= 11 is 4.96. The van der Waals surface area contributed by atoms with Crippen molar-refractivity contribution >= 4 is 41.5 Å². The van der Waals surface area contributed by atoms with E-state index in [2.05, 4.69) is 5.92 Å². The fourth-order valence-electron chi connectivity index (χ4n) is 1.53. The van der Waals surface area contributed by atoms with E-state index in [-0.39, 0.29) is 35.1 Å². The summed E-state index contributed by atoms with van der Waals surface area (Å²) in [5.41, 5.74) is -0.629. The first-order chi connectivity index (χ1) is 11.6. The Morgan fingerprint density at radius 1 is 0.846 bits per heavy atom. The number of carbonyl (C=O) groups is 1. The fraction of sp³-hybridized carbons (Fsp3) is 0.0625. The van der Waals surface area contributed by atoms with Crippen molar-refractivity contribution in [2.75, 3.05) is 0 Å². The molecule has 0 aromatic heterocycles. The van der Waals surface area contributed by atoms with Crippen LogP contribution in [-0.2, 0) is 11.2 Å². The predicted octanol–water partition coefficient (Wildman–Crippen LogP) is 5.00.